The largest absolute Gasteiger partial charge is 0.493 e. The first kappa shape index (κ1) is 17.6. The highest BCUT2D eigenvalue weighted by Crippen LogP contribution is 2.31. The van der Waals surface area contributed by atoms with Crippen molar-refractivity contribution in [2.24, 2.45) is 5.92 Å². The molecular formula is C17H28O4. The van der Waals surface area contributed by atoms with Crippen molar-refractivity contribution in [3.05, 3.63) is 22.9 Å². The Morgan fingerprint density at radius 1 is 1.00 bits per heavy atom. The molecule has 0 aromatic carbocycles. The van der Waals surface area contributed by atoms with Crippen molar-refractivity contribution in [1.29, 1.82) is 0 Å². The molecule has 4 heteroatoms. The molecule has 1 atom stereocenters. The van der Waals surface area contributed by atoms with E-state index in [1.807, 2.05) is 41.5 Å². The molecule has 0 N–H and O–H groups in total. The van der Waals surface area contributed by atoms with Crippen LogP contribution < -0.4 is 0 Å². The topological polar surface area (TPSA) is 44.8 Å². The fourth-order valence-electron chi connectivity index (χ4n) is 2.27. The second kappa shape index (κ2) is 7.53. The Morgan fingerprint density at radius 3 is 2.00 bits per heavy atom. The third kappa shape index (κ3) is 4.51. The lowest BCUT2D eigenvalue weighted by Crippen LogP contribution is -2.24. The van der Waals surface area contributed by atoms with Gasteiger partial charge in [-0.1, -0.05) is 6.92 Å². The number of carbonyl (C=O) groups excluding carboxylic acids is 1. The van der Waals surface area contributed by atoms with Crippen LogP contribution in [0.25, 0.3) is 0 Å². The zero-order valence-electron chi connectivity index (χ0n) is 14.3. The van der Waals surface area contributed by atoms with Crippen molar-refractivity contribution in [3.63, 3.8) is 0 Å². The lowest BCUT2D eigenvalue weighted by atomic mass is 9.92. The number of ketones is 1. The maximum Gasteiger partial charge on any atom is 0.209 e. The lowest BCUT2D eigenvalue weighted by Gasteiger charge is -2.26. The second-order valence-electron chi connectivity index (χ2n) is 6.11. The monoisotopic (exact) mass is 296 g/mol. The molecule has 120 valence electrons. The van der Waals surface area contributed by atoms with E-state index in [0.717, 1.165) is 18.4 Å². The van der Waals surface area contributed by atoms with E-state index in [0.29, 0.717) is 17.3 Å². The molecule has 0 aromatic rings. The van der Waals surface area contributed by atoms with Gasteiger partial charge in [0.1, 0.15) is 0 Å². The van der Waals surface area contributed by atoms with Gasteiger partial charge in [-0.2, -0.15) is 0 Å². The number of hydrogen-bond acceptors (Lipinski definition) is 4. The molecule has 0 fully saturated rings. The summed E-state index contributed by atoms with van der Waals surface area (Å²) in [5, 5.41) is 0. The summed E-state index contributed by atoms with van der Waals surface area (Å²) in [7, 11) is 1.60. The SMILES string of the molecule is COC1=C(\C)CCC(C)C(=O)/C(OC(C)C)=C\1OC(C)C. The Kier molecular flexibility index (Phi) is 6.31. The molecule has 1 rings (SSSR count). The van der Waals surface area contributed by atoms with Crippen molar-refractivity contribution in [1.82, 2.24) is 0 Å². The van der Waals surface area contributed by atoms with Crippen LogP contribution in [0, 0.1) is 5.92 Å². The van der Waals surface area contributed by atoms with Crippen LogP contribution in [0.3, 0.4) is 0 Å². The number of hydrogen-bond donors (Lipinski definition) is 0. The molecule has 4 nitrogen and oxygen atoms in total. The molecule has 21 heavy (non-hydrogen) atoms. The minimum absolute atomic E-state index is 0.0126. The van der Waals surface area contributed by atoms with E-state index in [1.54, 1.807) is 7.11 Å². The Morgan fingerprint density at radius 2 is 1.52 bits per heavy atom. The molecule has 0 aromatic heterocycles. The van der Waals surface area contributed by atoms with Crippen LogP contribution in [0.1, 0.15) is 54.4 Å². The molecule has 0 saturated heterocycles. The zero-order valence-corrected chi connectivity index (χ0v) is 14.3. The zero-order chi connectivity index (χ0) is 16.2. The standard InChI is InChI=1S/C17H28O4/c1-10(2)20-16-14(18)12(5)8-9-13(6)15(19-7)17(16)21-11(3)4/h10-12H,8-9H2,1-7H3/b15-13+,17-16-. The van der Waals surface area contributed by atoms with Gasteiger partial charge >= 0.3 is 0 Å². The van der Waals surface area contributed by atoms with Gasteiger partial charge in [-0.15, -0.1) is 0 Å². The highest BCUT2D eigenvalue weighted by atomic mass is 16.6. The van der Waals surface area contributed by atoms with Crippen LogP contribution >= 0.6 is 0 Å². The molecule has 0 saturated carbocycles. The molecule has 0 aliphatic heterocycles. The summed E-state index contributed by atoms with van der Waals surface area (Å²) < 4.78 is 17.2. The summed E-state index contributed by atoms with van der Waals surface area (Å²) in [6.07, 6.45) is 1.44. The maximum absolute atomic E-state index is 12.7. The summed E-state index contributed by atoms with van der Waals surface area (Å²) in [4.78, 5) is 12.7. The van der Waals surface area contributed by atoms with Gasteiger partial charge in [-0.25, -0.2) is 0 Å². The van der Waals surface area contributed by atoms with Crippen molar-refractivity contribution in [2.75, 3.05) is 7.11 Å². The van der Waals surface area contributed by atoms with Crippen LogP contribution in [0.5, 0.6) is 0 Å². The summed E-state index contributed by atoms with van der Waals surface area (Å²) in [6.45, 7) is 11.6. The van der Waals surface area contributed by atoms with Gasteiger partial charge in [-0.3, -0.25) is 4.79 Å². The average Bonchev–Trinajstić information content (AvgIpc) is 2.39. The van der Waals surface area contributed by atoms with Crippen LogP contribution in [0.2, 0.25) is 0 Å². The third-order valence-corrected chi connectivity index (χ3v) is 3.34. The first-order valence-corrected chi connectivity index (χ1v) is 7.63. The van der Waals surface area contributed by atoms with Crippen molar-refractivity contribution < 1.29 is 19.0 Å². The van der Waals surface area contributed by atoms with E-state index >= 15 is 0 Å². The Hall–Kier alpha value is -1.45. The first-order chi connectivity index (χ1) is 9.77. The Balaban J connectivity index is 3.46. The lowest BCUT2D eigenvalue weighted by molar-refractivity contribution is -0.124. The molecule has 0 bridgehead atoms. The van der Waals surface area contributed by atoms with Gasteiger partial charge in [0, 0.05) is 5.92 Å². The van der Waals surface area contributed by atoms with Gasteiger partial charge in [0.05, 0.1) is 19.3 Å². The quantitative estimate of drug-likeness (QED) is 0.770. The minimum atomic E-state index is -0.0975. The normalized spacial score (nSPS) is 27.7. The Bertz CT molecular complexity index is 444. The molecule has 1 aliphatic carbocycles. The van der Waals surface area contributed by atoms with Crippen molar-refractivity contribution >= 4 is 5.78 Å². The van der Waals surface area contributed by atoms with E-state index in [9.17, 15) is 4.79 Å². The van der Waals surface area contributed by atoms with Crippen molar-refractivity contribution in [3.8, 4) is 0 Å². The summed E-state index contributed by atoms with van der Waals surface area (Å²) in [5.41, 5.74) is 1.08. The number of ether oxygens (including phenoxy) is 3. The molecule has 1 unspecified atom stereocenters. The van der Waals surface area contributed by atoms with Gasteiger partial charge in [0.2, 0.25) is 17.3 Å². The smallest absolute Gasteiger partial charge is 0.209 e. The maximum atomic E-state index is 12.7. The van der Waals surface area contributed by atoms with Crippen LogP contribution in [0.15, 0.2) is 22.9 Å². The Labute approximate surface area is 128 Å². The summed E-state index contributed by atoms with van der Waals surface area (Å²) in [6, 6.07) is 0. The number of Topliss-reactive ketones (excluding diaryl/α,β-unsaturated/α-hetero) is 1. The van der Waals surface area contributed by atoms with Crippen LogP contribution in [-0.4, -0.2) is 25.1 Å². The van der Waals surface area contributed by atoms with E-state index in [2.05, 4.69) is 0 Å². The fourth-order valence-corrected chi connectivity index (χ4v) is 2.27. The number of rotatable bonds is 5. The summed E-state index contributed by atoms with van der Waals surface area (Å²) in [5.74, 6) is 1.26. The van der Waals surface area contributed by atoms with E-state index in [1.165, 1.54) is 0 Å². The highest BCUT2D eigenvalue weighted by Gasteiger charge is 2.31. The van der Waals surface area contributed by atoms with E-state index < -0.39 is 0 Å². The predicted octanol–water partition coefficient (Wildman–Crippen LogP) is 3.97. The van der Waals surface area contributed by atoms with Gasteiger partial charge in [-0.05, 0) is 53.0 Å². The molecule has 0 heterocycles. The minimum Gasteiger partial charge on any atom is -0.493 e. The van der Waals surface area contributed by atoms with E-state index in [-0.39, 0.29) is 23.9 Å². The third-order valence-electron chi connectivity index (χ3n) is 3.34. The summed E-state index contributed by atoms with van der Waals surface area (Å²) >= 11 is 0. The van der Waals surface area contributed by atoms with Crippen LogP contribution in [-0.2, 0) is 19.0 Å². The highest BCUT2D eigenvalue weighted by molar-refractivity contribution is 5.96. The average molecular weight is 296 g/mol. The molecular weight excluding hydrogens is 268 g/mol. The molecule has 0 amide bonds. The van der Waals surface area contributed by atoms with Crippen LogP contribution in [0.4, 0.5) is 0 Å². The molecule has 0 radical (unpaired) electrons. The number of allylic oxidation sites excluding steroid dienone is 2. The van der Waals surface area contributed by atoms with E-state index in [4.69, 9.17) is 14.2 Å². The first-order valence-electron chi connectivity index (χ1n) is 7.63. The predicted molar refractivity (Wildman–Crippen MR) is 82.6 cm³/mol. The molecule has 1 aliphatic rings. The number of carbonyl (C=O) groups is 1. The van der Waals surface area contributed by atoms with Gasteiger partial charge in [0.25, 0.3) is 0 Å². The number of methoxy groups -OCH3 is 1. The van der Waals surface area contributed by atoms with Crippen molar-refractivity contribution in [2.45, 2.75) is 66.6 Å². The molecule has 0 spiro atoms. The van der Waals surface area contributed by atoms with Gasteiger partial charge < -0.3 is 14.2 Å². The fraction of sp³-hybridized carbons (Fsp3) is 0.706. The van der Waals surface area contributed by atoms with Gasteiger partial charge in [0.15, 0.2) is 5.76 Å². The second-order valence-corrected chi connectivity index (χ2v) is 6.11.